The summed E-state index contributed by atoms with van der Waals surface area (Å²) in [5.74, 6) is -0.317. The maximum absolute atomic E-state index is 13.7. The lowest BCUT2D eigenvalue weighted by Gasteiger charge is -2.15. The summed E-state index contributed by atoms with van der Waals surface area (Å²) in [6.07, 6.45) is 0. The molecule has 0 atom stereocenters. The van der Waals surface area contributed by atoms with Gasteiger partial charge in [0.1, 0.15) is 21.8 Å². The van der Waals surface area contributed by atoms with Gasteiger partial charge in [-0.3, -0.25) is 4.79 Å². The molecule has 8 heteroatoms. The highest BCUT2D eigenvalue weighted by Gasteiger charge is 2.23. The third-order valence-corrected chi connectivity index (χ3v) is 6.83. The lowest BCUT2D eigenvalue weighted by molar-refractivity contribution is 0.415. The van der Waals surface area contributed by atoms with Crippen molar-refractivity contribution in [1.82, 2.24) is 4.57 Å². The van der Waals surface area contributed by atoms with Gasteiger partial charge in [-0.2, -0.15) is 0 Å². The highest BCUT2D eigenvalue weighted by molar-refractivity contribution is 7.99. The first kappa shape index (κ1) is 22.7. The number of nitrogens with zero attached hydrogens (tertiary/aromatic N) is 1. The van der Waals surface area contributed by atoms with E-state index in [9.17, 15) is 19.1 Å². The Balaban J connectivity index is 1.78. The van der Waals surface area contributed by atoms with E-state index in [1.165, 1.54) is 23.8 Å². The molecule has 0 radical (unpaired) electrons. The Hall–Kier alpha value is -4.04. The molecule has 0 bridgehead atoms. The van der Waals surface area contributed by atoms with Crippen LogP contribution in [0, 0.1) is 12.7 Å². The monoisotopic (exact) mass is 489 g/mol. The number of hydrogen-bond donors (Lipinski definition) is 1. The molecule has 3 aromatic carbocycles. The van der Waals surface area contributed by atoms with Crippen LogP contribution in [0.2, 0.25) is 0 Å². The predicted octanol–water partition coefficient (Wildman–Crippen LogP) is 5.47. The molecule has 35 heavy (non-hydrogen) atoms. The van der Waals surface area contributed by atoms with E-state index in [-0.39, 0.29) is 28.2 Å². The summed E-state index contributed by atoms with van der Waals surface area (Å²) in [6.45, 7) is 2.05. The summed E-state index contributed by atoms with van der Waals surface area (Å²) in [7, 11) is 1.51. The highest BCUT2D eigenvalue weighted by Crippen LogP contribution is 2.37. The zero-order chi connectivity index (χ0) is 24.7. The van der Waals surface area contributed by atoms with E-state index in [1.807, 2.05) is 31.2 Å². The molecule has 0 saturated carbocycles. The third kappa shape index (κ3) is 4.17. The summed E-state index contributed by atoms with van der Waals surface area (Å²) >= 11 is 1.03. The standard InChI is InChI=1S/C27H20FNO5S/c1-15-3-10-19(11-4-15)35-25-23(30)22-24(34-27(25)32)20-12-9-18(33-2)13-21(20)29(26(22)31)14-16-5-7-17(28)8-6-16/h3-13,30H,14H2,1-2H3. The second-order valence-corrected chi connectivity index (χ2v) is 9.17. The molecular weight excluding hydrogens is 469 g/mol. The van der Waals surface area contributed by atoms with Crippen molar-refractivity contribution in [2.24, 2.45) is 0 Å². The highest BCUT2D eigenvalue weighted by atomic mass is 32.2. The van der Waals surface area contributed by atoms with Crippen LogP contribution in [-0.4, -0.2) is 16.8 Å². The van der Waals surface area contributed by atoms with Gasteiger partial charge >= 0.3 is 5.63 Å². The van der Waals surface area contributed by atoms with Crippen molar-refractivity contribution in [3.8, 4) is 11.5 Å². The molecule has 176 valence electrons. The second kappa shape index (κ2) is 8.96. The van der Waals surface area contributed by atoms with Gasteiger partial charge in [0.25, 0.3) is 5.56 Å². The maximum atomic E-state index is 13.7. The molecule has 6 nitrogen and oxygen atoms in total. The van der Waals surface area contributed by atoms with Gasteiger partial charge < -0.3 is 18.8 Å². The molecule has 5 aromatic rings. The van der Waals surface area contributed by atoms with Crippen molar-refractivity contribution in [3.63, 3.8) is 0 Å². The number of ether oxygens (including phenoxy) is 1. The minimum Gasteiger partial charge on any atom is -0.505 e. The van der Waals surface area contributed by atoms with E-state index in [4.69, 9.17) is 9.15 Å². The quantitative estimate of drug-likeness (QED) is 0.330. The number of aromatic hydroxyl groups is 1. The number of rotatable bonds is 5. The molecule has 0 saturated heterocycles. The summed E-state index contributed by atoms with van der Waals surface area (Å²) in [6, 6.07) is 18.2. The van der Waals surface area contributed by atoms with Gasteiger partial charge in [0, 0.05) is 16.3 Å². The van der Waals surface area contributed by atoms with Crippen molar-refractivity contribution < 1.29 is 18.7 Å². The van der Waals surface area contributed by atoms with Crippen molar-refractivity contribution in [2.45, 2.75) is 23.3 Å². The normalized spacial score (nSPS) is 11.3. The average Bonchev–Trinajstić information content (AvgIpc) is 2.86. The van der Waals surface area contributed by atoms with E-state index in [0.717, 1.165) is 22.2 Å². The van der Waals surface area contributed by atoms with Crippen LogP contribution >= 0.6 is 11.8 Å². The molecule has 0 fully saturated rings. The van der Waals surface area contributed by atoms with Crippen LogP contribution in [0.4, 0.5) is 4.39 Å². The molecule has 0 spiro atoms. The number of hydrogen-bond acceptors (Lipinski definition) is 6. The Morgan fingerprint density at radius 3 is 2.43 bits per heavy atom. The number of aryl methyl sites for hydroxylation is 1. The van der Waals surface area contributed by atoms with Crippen LogP contribution in [0.1, 0.15) is 11.1 Å². The minimum atomic E-state index is -0.742. The zero-order valence-electron chi connectivity index (χ0n) is 18.9. The van der Waals surface area contributed by atoms with Crippen LogP contribution in [0.5, 0.6) is 11.5 Å². The van der Waals surface area contributed by atoms with Crippen molar-refractivity contribution in [3.05, 3.63) is 104 Å². The van der Waals surface area contributed by atoms with Gasteiger partial charge in [0.05, 0.1) is 19.2 Å². The molecule has 0 aliphatic carbocycles. The number of pyridine rings is 1. The van der Waals surface area contributed by atoms with Crippen molar-refractivity contribution in [1.29, 1.82) is 0 Å². The first-order valence-electron chi connectivity index (χ1n) is 10.7. The summed E-state index contributed by atoms with van der Waals surface area (Å²) in [5.41, 5.74) is 0.898. The molecule has 2 heterocycles. The molecule has 1 N–H and O–H groups in total. The fourth-order valence-electron chi connectivity index (χ4n) is 3.94. The summed E-state index contributed by atoms with van der Waals surface area (Å²) in [5, 5.41) is 11.5. The van der Waals surface area contributed by atoms with Gasteiger partial charge in [0.2, 0.25) is 0 Å². The Morgan fingerprint density at radius 2 is 1.74 bits per heavy atom. The fourth-order valence-corrected chi connectivity index (χ4v) is 4.77. The van der Waals surface area contributed by atoms with Crippen molar-refractivity contribution >= 4 is 33.6 Å². The maximum Gasteiger partial charge on any atom is 0.354 e. The van der Waals surface area contributed by atoms with Crippen LogP contribution in [-0.2, 0) is 6.54 Å². The van der Waals surface area contributed by atoms with E-state index in [1.54, 1.807) is 30.3 Å². The van der Waals surface area contributed by atoms with Gasteiger partial charge in [0.15, 0.2) is 11.3 Å². The molecule has 0 unspecified atom stereocenters. The van der Waals surface area contributed by atoms with Crippen LogP contribution < -0.4 is 15.9 Å². The topological polar surface area (TPSA) is 81.7 Å². The largest absolute Gasteiger partial charge is 0.505 e. The van der Waals surface area contributed by atoms with Crippen LogP contribution in [0.15, 0.2) is 90.5 Å². The average molecular weight is 490 g/mol. The third-order valence-electron chi connectivity index (χ3n) is 5.75. The number of methoxy groups -OCH3 is 1. The van der Waals surface area contributed by atoms with Gasteiger partial charge in [-0.15, -0.1) is 0 Å². The summed E-state index contributed by atoms with van der Waals surface area (Å²) < 4.78 is 25.8. The summed E-state index contributed by atoms with van der Waals surface area (Å²) in [4.78, 5) is 27.3. The molecule has 5 rings (SSSR count). The van der Waals surface area contributed by atoms with E-state index in [0.29, 0.717) is 22.2 Å². The second-order valence-electron chi connectivity index (χ2n) is 8.09. The first-order valence-corrected chi connectivity index (χ1v) is 11.6. The number of halogens is 1. The number of aromatic nitrogens is 1. The number of benzene rings is 3. The fraction of sp³-hybridized carbons (Fsp3) is 0.111. The van der Waals surface area contributed by atoms with Crippen LogP contribution in [0.25, 0.3) is 21.9 Å². The zero-order valence-corrected chi connectivity index (χ0v) is 19.7. The minimum absolute atomic E-state index is 0.00114. The Bertz CT molecular complexity index is 1690. The van der Waals surface area contributed by atoms with Gasteiger partial charge in [-0.25, -0.2) is 9.18 Å². The van der Waals surface area contributed by atoms with Crippen LogP contribution in [0.3, 0.4) is 0 Å². The Morgan fingerprint density at radius 1 is 1.03 bits per heavy atom. The first-order chi connectivity index (χ1) is 16.9. The van der Waals surface area contributed by atoms with Crippen molar-refractivity contribution in [2.75, 3.05) is 7.11 Å². The van der Waals surface area contributed by atoms with Gasteiger partial charge in [-0.1, -0.05) is 41.6 Å². The van der Waals surface area contributed by atoms with E-state index in [2.05, 4.69) is 0 Å². The smallest absolute Gasteiger partial charge is 0.354 e. The van der Waals surface area contributed by atoms with E-state index < -0.39 is 16.9 Å². The molecule has 0 amide bonds. The Kier molecular flexibility index (Phi) is 5.82. The Labute approximate surface area is 203 Å². The van der Waals surface area contributed by atoms with E-state index >= 15 is 0 Å². The predicted molar refractivity (Wildman–Crippen MR) is 133 cm³/mol. The molecule has 0 aliphatic rings. The molecule has 0 aliphatic heterocycles. The number of fused-ring (bicyclic) bond motifs is 3. The molecular formula is C27H20FNO5S. The lowest BCUT2D eigenvalue weighted by Crippen LogP contribution is -2.23. The SMILES string of the molecule is COc1ccc2c3oc(=O)c(Sc4ccc(C)cc4)c(O)c3c(=O)n(Cc3ccc(F)cc3)c2c1. The van der Waals surface area contributed by atoms with Gasteiger partial charge in [-0.05, 0) is 48.9 Å². The lowest BCUT2D eigenvalue weighted by atomic mass is 10.1. The molecule has 2 aromatic heterocycles.